The number of methoxy groups -OCH3 is 1. The number of nitrogen functional groups attached to an aromatic ring is 1. The lowest BCUT2D eigenvalue weighted by Gasteiger charge is -2.24. The standard InChI is InChI=1S/C12H18N2OS/c1-15-11-5-2-4-10(12(11)13)14-6-3-8-16-9-7-14/h2,4-5H,3,6-9,13H2,1H3. The molecule has 0 amide bonds. The highest BCUT2D eigenvalue weighted by molar-refractivity contribution is 7.99. The van der Waals surface area contributed by atoms with Crippen LogP contribution >= 0.6 is 11.8 Å². The molecule has 1 aliphatic rings. The lowest BCUT2D eigenvalue weighted by Crippen LogP contribution is -2.26. The Kier molecular flexibility index (Phi) is 3.83. The van der Waals surface area contributed by atoms with E-state index < -0.39 is 0 Å². The summed E-state index contributed by atoms with van der Waals surface area (Å²) >= 11 is 2.02. The van der Waals surface area contributed by atoms with Crippen LogP contribution < -0.4 is 15.4 Å². The van der Waals surface area contributed by atoms with E-state index in [0.717, 1.165) is 30.2 Å². The molecular weight excluding hydrogens is 220 g/mol. The molecule has 16 heavy (non-hydrogen) atoms. The van der Waals surface area contributed by atoms with Crippen LogP contribution in [0, 0.1) is 0 Å². The van der Waals surface area contributed by atoms with Gasteiger partial charge in [-0.2, -0.15) is 11.8 Å². The fourth-order valence-electron chi connectivity index (χ4n) is 1.97. The normalized spacial score (nSPS) is 16.9. The highest BCUT2D eigenvalue weighted by atomic mass is 32.2. The second-order valence-electron chi connectivity index (χ2n) is 3.85. The molecule has 1 aliphatic heterocycles. The van der Waals surface area contributed by atoms with Gasteiger partial charge in [0.1, 0.15) is 5.75 Å². The largest absolute Gasteiger partial charge is 0.495 e. The van der Waals surface area contributed by atoms with Gasteiger partial charge < -0.3 is 15.4 Å². The highest BCUT2D eigenvalue weighted by Crippen LogP contribution is 2.32. The number of benzene rings is 1. The summed E-state index contributed by atoms with van der Waals surface area (Å²) < 4.78 is 5.25. The first-order valence-corrected chi connectivity index (χ1v) is 6.73. The maximum absolute atomic E-state index is 6.10. The van der Waals surface area contributed by atoms with Gasteiger partial charge in [0, 0.05) is 18.8 Å². The average Bonchev–Trinajstić information content (AvgIpc) is 2.58. The molecule has 2 N–H and O–H groups in total. The van der Waals surface area contributed by atoms with Crippen molar-refractivity contribution in [3.63, 3.8) is 0 Å². The Morgan fingerprint density at radius 1 is 1.31 bits per heavy atom. The number of para-hydroxylation sites is 1. The van der Waals surface area contributed by atoms with E-state index in [9.17, 15) is 0 Å². The van der Waals surface area contributed by atoms with Gasteiger partial charge in [-0.1, -0.05) is 6.07 Å². The van der Waals surface area contributed by atoms with Crippen LogP contribution in [0.2, 0.25) is 0 Å². The average molecular weight is 238 g/mol. The number of hydrogen-bond acceptors (Lipinski definition) is 4. The van der Waals surface area contributed by atoms with E-state index in [4.69, 9.17) is 10.5 Å². The molecule has 0 radical (unpaired) electrons. The van der Waals surface area contributed by atoms with E-state index in [1.165, 1.54) is 17.9 Å². The van der Waals surface area contributed by atoms with Crippen molar-refractivity contribution < 1.29 is 4.74 Å². The molecule has 1 aromatic carbocycles. The summed E-state index contributed by atoms with van der Waals surface area (Å²) in [6.07, 6.45) is 1.22. The quantitative estimate of drug-likeness (QED) is 0.802. The van der Waals surface area contributed by atoms with Gasteiger partial charge in [-0.3, -0.25) is 0 Å². The molecule has 1 fully saturated rings. The Balaban J connectivity index is 2.24. The van der Waals surface area contributed by atoms with Crippen molar-refractivity contribution in [2.24, 2.45) is 0 Å². The smallest absolute Gasteiger partial charge is 0.143 e. The van der Waals surface area contributed by atoms with E-state index in [0.29, 0.717) is 0 Å². The molecule has 4 heteroatoms. The van der Waals surface area contributed by atoms with Crippen LogP contribution in [0.25, 0.3) is 0 Å². The molecule has 0 bridgehead atoms. The molecule has 0 aliphatic carbocycles. The van der Waals surface area contributed by atoms with Gasteiger partial charge in [0.05, 0.1) is 18.5 Å². The molecule has 0 unspecified atom stereocenters. The number of ether oxygens (including phenoxy) is 1. The Labute approximate surface area is 101 Å². The predicted octanol–water partition coefficient (Wildman–Crippen LogP) is 2.22. The summed E-state index contributed by atoms with van der Waals surface area (Å²) in [6.45, 7) is 2.16. The minimum Gasteiger partial charge on any atom is -0.495 e. The number of thioether (sulfide) groups is 1. The second-order valence-corrected chi connectivity index (χ2v) is 5.07. The van der Waals surface area contributed by atoms with Crippen molar-refractivity contribution in [1.82, 2.24) is 0 Å². The molecule has 0 saturated carbocycles. The third kappa shape index (κ3) is 2.38. The fourth-order valence-corrected chi connectivity index (χ4v) is 2.86. The van der Waals surface area contributed by atoms with E-state index in [1.54, 1.807) is 7.11 Å². The molecule has 0 spiro atoms. The van der Waals surface area contributed by atoms with Gasteiger partial charge in [-0.25, -0.2) is 0 Å². The van der Waals surface area contributed by atoms with Gasteiger partial charge in [-0.15, -0.1) is 0 Å². The summed E-state index contributed by atoms with van der Waals surface area (Å²) in [6, 6.07) is 5.99. The van der Waals surface area contributed by atoms with Crippen molar-refractivity contribution in [1.29, 1.82) is 0 Å². The van der Waals surface area contributed by atoms with Crippen molar-refractivity contribution in [3.8, 4) is 5.75 Å². The van der Waals surface area contributed by atoms with Gasteiger partial charge in [0.15, 0.2) is 0 Å². The SMILES string of the molecule is COc1cccc(N2CCCSCC2)c1N. The fraction of sp³-hybridized carbons (Fsp3) is 0.500. The van der Waals surface area contributed by atoms with E-state index in [-0.39, 0.29) is 0 Å². The Morgan fingerprint density at radius 3 is 3.00 bits per heavy atom. The van der Waals surface area contributed by atoms with Crippen LogP contribution in [-0.4, -0.2) is 31.7 Å². The third-order valence-corrected chi connectivity index (χ3v) is 3.87. The molecule has 3 nitrogen and oxygen atoms in total. The minimum atomic E-state index is 0.761. The number of nitrogens with zero attached hydrogens (tertiary/aromatic N) is 1. The van der Waals surface area contributed by atoms with E-state index in [1.807, 2.05) is 23.9 Å². The van der Waals surface area contributed by atoms with Gasteiger partial charge in [0.25, 0.3) is 0 Å². The zero-order valence-corrected chi connectivity index (χ0v) is 10.4. The van der Waals surface area contributed by atoms with Gasteiger partial charge in [-0.05, 0) is 24.3 Å². The monoisotopic (exact) mass is 238 g/mol. The van der Waals surface area contributed by atoms with Gasteiger partial charge >= 0.3 is 0 Å². The summed E-state index contributed by atoms with van der Waals surface area (Å²) in [5, 5.41) is 0. The number of hydrogen-bond donors (Lipinski definition) is 1. The molecule has 88 valence electrons. The molecule has 1 saturated heterocycles. The van der Waals surface area contributed by atoms with E-state index >= 15 is 0 Å². The number of nitrogens with two attached hydrogens (primary N) is 1. The first-order chi connectivity index (χ1) is 7.83. The molecular formula is C12H18N2OS. The van der Waals surface area contributed by atoms with Crippen LogP contribution in [0.1, 0.15) is 6.42 Å². The third-order valence-electron chi connectivity index (χ3n) is 2.83. The number of rotatable bonds is 2. The lowest BCUT2D eigenvalue weighted by atomic mass is 10.2. The Morgan fingerprint density at radius 2 is 2.19 bits per heavy atom. The lowest BCUT2D eigenvalue weighted by molar-refractivity contribution is 0.417. The Bertz CT molecular complexity index is 349. The number of anilines is 2. The minimum absolute atomic E-state index is 0.761. The first kappa shape index (κ1) is 11.5. The topological polar surface area (TPSA) is 38.5 Å². The van der Waals surface area contributed by atoms with Crippen LogP contribution in [0.5, 0.6) is 5.75 Å². The van der Waals surface area contributed by atoms with Crippen LogP contribution in [-0.2, 0) is 0 Å². The zero-order valence-electron chi connectivity index (χ0n) is 9.61. The van der Waals surface area contributed by atoms with Crippen LogP contribution in [0.4, 0.5) is 11.4 Å². The van der Waals surface area contributed by atoms with Crippen molar-refractivity contribution in [3.05, 3.63) is 18.2 Å². The van der Waals surface area contributed by atoms with Crippen molar-refractivity contribution in [2.45, 2.75) is 6.42 Å². The zero-order chi connectivity index (χ0) is 11.4. The molecule has 1 aromatic rings. The predicted molar refractivity (Wildman–Crippen MR) is 71.6 cm³/mol. The molecule has 0 atom stereocenters. The maximum Gasteiger partial charge on any atom is 0.143 e. The summed E-state index contributed by atoms with van der Waals surface area (Å²) in [4.78, 5) is 2.36. The van der Waals surface area contributed by atoms with Crippen molar-refractivity contribution >= 4 is 23.1 Å². The van der Waals surface area contributed by atoms with Crippen LogP contribution in [0.3, 0.4) is 0 Å². The maximum atomic E-state index is 6.10. The van der Waals surface area contributed by atoms with Crippen molar-refractivity contribution in [2.75, 3.05) is 42.3 Å². The summed E-state index contributed by atoms with van der Waals surface area (Å²) in [5.74, 6) is 3.20. The van der Waals surface area contributed by atoms with E-state index in [2.05, 4.69) is 11.0 Å². The van der Waals surface area contributed by atoms with Gasteiger partial charge in [0.2, 0.25) is 0 Å². The first-order valence-electron chi connectivity index (χ1n) is 5.58. The molecule has 2 rings (SSSR count). The highest BCUT2D eigenvalue weighted by Gasteiger charge is 2.14. The second kappa shape index (κ2) is 5.34. The van der Waals surface area contributed by atoms with Crippen LogP contribution in [0.15, 0.2) is 18.2 Å². The summed E-state index contributed by atoms with van der Waals surface area (Å²) in [7, 11) is 1.66. The molecule has 0 aromatic heterocycles. The molecule has 1 heterocycles. The summed E-state index contributed by atoms with van der Waals surface area (Å²) in [5.41, 5.74) is 7.98. The Hall–Kier alpha value is -1.03.